The van der Waals surface area contributed by atoms with Gasteiger partial charge in [0.15, 0.2) is 0 Å². The molecule has 1 aromatic heterocycles. The first-order valence-electron chi connectivity index (χ1n) is 5.82. The lowest BCUT2D eigenvalue weighted by molar-refractivity contribution is 0.312. The topological polar surface area (TPSA) is 19.4 Å². The summed E-state index contributed by atoms with van der Waals surface area (Å²) in [5.41, 5.74) is 1.23. The molecule has 0 amide bonds. The van der Waals surface area contributed by atoms with Crippen LogP contribution in [0.4, 0.5) is 5.82 Å². The third-order valence-electron chi connectivity index (χ3n) is 2.96. The van der Waals surface area contributed by atoms with Crippen molar-refractivity contribution in [2.75, 3.05) is 38.1 Å². The Morgan fingerprint density at radius 3 is 2.69 bits per heavy atom. The van der Waals surface area contributed by atoms with Crippen LogP contribution in [0.2, 0.25) is 0 Å². The molecule has 0 aliphatic carbocycles. The van der Waals surface area contributed by atoms with Crippen LogP contribution in [0.5, 0.6) is 0 Å². The molecule has 1 aromatic rings. The van der Waals surface area contributed by atoms with Gasteiger partial charge < -0.3 is 9.80 Å². The number of pyridine rings is 1. The van der Waals surface area contributed by atoms with E-state index in [-0.39, 0.29) is 0 Å². The molecule has 1 fully saturated rings. The van der Waals surface area contributed by atoms with Crippen LogP contribution in [-0.4, -0.2) is 43.1 Å². The minimum absolute atomic E-state index is 1.07. The molecule has 3 heteroatoms. The van der Waals surface area contributed by atoms with Crippen LogP contribution in [0.25, 0.3) is 6.08 Å². The lowest BCUT2D eigenvalue weighted by atomic mass is 10.2. The van der Waals surface area contributed by atoms with Gasteiger partial charge in [-0.15, -0.1) is 0 Å². The zero-order chi connectivity index (χ0) is 11.4. The number of aromatic nitrogens is 1. The smallest absolute Gasteiger partial charge is 0.129 e. The van der Waals surface area contributed by atoms with Gasteiger partial charge in [0.1, 0.15) is 5.82 Å². The van der Waals surface area contributed by atoms with Crippen molar-refractivity contribution in [3.8, 4) is 0 Å². The van der Waals surface area contributed by atoms with E-state index in [2.05, 4.69) is 40.0 Å². The Hall–Kier alpha value is -1.35. The number of hydrogen-bond acceptors (Lipinski definition) is 3. The highest BCUT2D eigenvalue weighted by Gasteiger charge is 2.14. The molecule has 0 atom stereocenters. The van der Waals surface area contributed by atoms with Gasteiger partial charge in [-0.2, -0.15) is 0 Å². The number of hydrogen-bond donors (Lipinski definition) is 0. The molecule has 1 aliphatic rings. The highest BCUT2D eigenvalue weighted by molar-refractivity contribution is 5.54. The normalized spacial score (nSPS) is 18.2. The molecule has 1 aliphatic heterocycles. The largest absolute Gasteiger partial charge is 0.354 e. The number of likely N-dealkylation sites (N-methyl/N-ethyl adjacent to an activating group) is 1. The van der Waals surface area contributed by atoms with Crippen LogP contribution < -0.4 is 4.90 Å². The minimum atomic E-state index is 1.07. The maximum Gasteiger partial charge on any atom is 0.129 e. The molecule has 3 nitrogen and oxygen atoms in total. The predicted octanol–water partition coefficient (Wildman–Crippen LogP) is 1.87. The number of nitrogens with zero attached hydrogens (tertiary/aromatic N) is 3. The summed E-state index contributed by atoms with van der Waals surface area (Å²) < 4.78 is 0. The quantitative estimate of drug-likeness (QED) is 0.754. The van der Waals surface area contributed by atoms with E-state index in [0.29, 0.717) is 0 Å². The monoisotopic (exact) mass is 217 g/mol. The Morgan fingerprint density at radius 2 is 2.00 bits per heavy atom. The molecule has 0 N–H and O–H groups in total. The Balaban J connectivity index is 2.11. The van der Waals surface area contributed by atoms with Gasteiger partial charge in [-0.05, 0) is 31.7 Å². The molecule has 0 saturated carbocycles. The first-order chi connectivity index (χ1) is 7.79. The molecule has 0 bridgehead atoms. The average molecular weight is 217 g/mol. The first kappa shape index (κ1) is 11.1. The van der Waals surface area contributed by atoms with Gasteiger partial charge in [-0.3, -0.25) is 0 Å². The molecular formula is C13H19N3. The fourth-order valence-electron chi connectivity index (χ4n) is 1.94. The van der Waals surface area contributed by atoms with E-state index in [1.54, 1.807) is 0 Å². The van der Waals surface area contributed by atoms with E-state index < -0.39 is 0 Å². The van der Waals surface area contributed by atoms with Gasteiger partial charge in [0.2, 0.25) is 0 Å². The second-order valence-corrected chi connectivity index (χ2v) is 4.24. The van der Waals surface area contributed by atoms with Crippen LogP contribution >= 0.6 is 0 Å². The van der Waals surface area contributed by atoms with Crippen LogP contribution in [0.3, 0.4) is 0 Å². The summed E-state index contributed by atoms with van der Waals surface area (Å²) in [6.07, 6.45) is 6.06. The van der Waals surface area contributed by atoms with Crippen LogP contribution in [0.15, 0.2) is 24.4 Å². The van der Waals surface area contributed by atoms with Crippen molar-refractivity contribution >= 4 is 11.9 Å². The third kappa shape index (κ3) is 2.61. The van der Waals surface area contributed by atoms with Crippen molar-refractivity contribution in [2.24, 2.45) is 0 Å². The summed E-state index contributed by atoms with van der Waals surface area (Å²) in [7, 11) is 2.17. The van der Waals surface area contributed by atoms with Gasteiger partial charge in [-0.25, -0.2) is 4.98 Å². The van der Waals surface area contributed by atoms with Crippen molar-refractivity contribution in [3.63, 3.8) is 0 Å². The molecule has 86 valence electrons. The van der Waals surface area contributed by atoms with Gasteiger partial charge in [0.25, 0.3) is 0 Å². The Morgan fingerprint density at radius 1 is 1.25 bits per heavy atom. The van der Waals surface area contributed by atoms with E-state index in [4.69, 9.17) is 0 Å². The summed E-state index contributed by atoms with van der Waals surface area (Å²) in [6, 6.07) is 4.20. The highest BCUT2D eigenvalue weighted by Crippen LogP contribution is 2.15. The summed E-state index contributed by atoms with van der Waals surface area (Å²) in [5.74, 6) is 1.10. The van der Waals surface area contributed by atoms with E-state index in [1.165, 1.54) is 5.56 Å². The Kier molecular flexibility index (Phi) is 3.57. The maximum absolute atomic E-state index is 4.44. The number of anilines is 1. The van der Waals surface area contributed by atoms with E-state index >= 15 is 0 Å². The van der Waals surface area contributed by atoms with Crippen molar-refractivity contribution in [1.29, 1.82) is 0 Å². The highest BCUT2D eigenvalue weighted by atomic mass is 15.3. The lowest BCUT2D eigenvalue weighted by Crippen LogP contribution is -2.44. The van der Waals surface area contributed by atoms with Crippen molar-refractivity contribution in [2.45, 2.75) is 6.92 Å². The third-order valence-corrected chi connectivity index (χ3v) is 2.96. The van der Waals surface area contributed by atoms with E-state index in [9.17, 15) is 0 Å². The first-order valence-corrected chi connectivity index (χ1v) is 5.82. The summed E-state index contributed by atoms with van der Waals surface area (Å²) >= 11 is 0. The van der Waals surface area contributed by atoms with Crippen molar-refractivity contribution in [3.05, 3.63) is 30.0 Å². The molecule has 0 radical (unpaired) electrons. The van der Waals surface area contributed by atoms with Crippen LogP contribution in [0.1, 0.15) is 12.5 Å². The fraction of sp³-hybridized carbons (Fsp3) is 0.462. The van der Waals surface area contributed by atoms with E-state index in [1.807, 2.05) is 19.2 Å². The molecule has 0 unspecified atom stereocenters. The number of allylic oxidation sites excluding steroid dienone is 1. The Bertz CT molecular complexity index is 365. The maximum atomic E-state index is 4.44. The van der Waals surface area contributed by atoms with Crippen molar-refractivity contribution < 1.29 is 0 Å². The molecule has 2 heterocycles. The molecule has 16 heavy (non-hydrogen) atoms. The zero-order valence-electron chi connectivity index (χ0n) is 10.1. The second kappa shape index (κ2) is 5.12. The molecule has 0 spiro atoms. The molecular weight excluding hydrogens is 198 g/mol. The van der Waals surface area contributed by atoms with Gasteiger partial charge in [0.05, 0.1) is 0 Å². The van der Waals surface area contributed by atoms with Gasteiger partial charge in [-0.1, -0.05) is 12.2 Å². The zero-order valence-corrected chi connectivity index (χ0v) is 10.1. The molecule has 0 aromatic carbocycles. The summed E-state index contributed by atoms with van der Waals surface area (Å²) in [5, 5.41) is 0. The molecule has 2 rings (SSSR count). The second-order valence-electron chi connectivity index (χ2n) is 4.24. The van der Waals surface area contributed by atoms with Crippen LogP contribution in [0, 0.1) is 0 Å². The van der Waals surface area contributed by atoms with Crippen LogP contribution in [-0.2, 0) is 0 Å². The fourth-order valence-corrected chi connectivity index (χ4v) is 1.94. The average Bonchev–Trinajstić information content (AvgIpc) is 2.31. The van der Waals surface area contributed by atoms with Gasteiger partial charge >= 0.3 is 0 Å². The number of piperazine rings is 1. The molecule has 1 saturated heterocycles. The minimum Gasteiger partial charge on any atom is -0.354 e. The summed E-state index contributed by atoms with van der Waals surface area (Å²) in [6.45, 7) is 6.42. The van der Waals surface area contributed by atoms with E-state index in [0.717, 1.165) is 32.0 Å². The predicted molar refractivity (Wildman–Crippen MR) is 68.7 cm³/mol. The SMILES string of the molecule is C/C=C\c1ccnc(N2CCN(C)CC2)c1. The summed E-state index contributed by atoms with van der Waals surface area (Å²) in [4.78, 5) is 9.15. The number of rotatable bonds is 2. The van der Waals surface area contributed by atoms with Crippen molar-refractivity contribution in [1.82, 2.24) is 9.88 Å². The standard InChI is InChI=1S/C13H19N3/c1-3-4-12-5-6-14-13(11-12)16-9-7-15(2)8-10-16/h3-6,11H,7-10H2,1-2H3/b4-3-. The lowest BCUT2D eigenvalue weighted by Gasteiger charge is -2.33. The Labute approximate surface area is 97.4 Å². The van der Waals surface area contributed by atoms with Gasteiger partial charge in [0, 0.05) is 32.4 Å².